The fourth-order valence-electron chi connectivity index (χ4n) is 2.76. The molecule has 0 spiro atoms. The fraction of sp³-hybridized carbons (Fsp3) is 0.286. The average molecular weight is 401 g/mol. The van der Waals surface area contributed by atoms with Crippen LogP contribution in [0.5, 0.6) is 5.75 Å². The lowest BCUT2D eigenvalue weighted by molar-refractivity contribution is 0.297. The highest BCUT2D eigenvalue weighted by Gasteiger charge is 2.17. The molecule has 0 N–H and O–H groups in total. The Balaban J connectivity index is 1.91. The summed E-state index contributed by atoms with van der Waals surface area (Å²) in [7, 11) is 0. The molecule has 0 atom stereocenters. The SMILES string of the molecule is O=c1c(OCCCCCCBr)c(-c2ccccc2)oc2ccccc12. The van der Waals surface area contributed by atoms with E-state index in [9.17, 15) is 4.79 Å². The van der Waals surface area contributed by atoms with Gasteiger partial charge in [-0.2, -0.15) is 0 Å². The first-order valence-corrected chi connectivity index (χ1v) is 9.73. The number of alkyl halides is 1. The first-order chi connectivity index (χ1) is 12.3. The van der Waals surface area contributed by atoms with Crippen molar-refractivity contribution in [3.05, 3.63) is 64.8 Å². The van der Waals surface area contributed by atoms with Crippen molar-refractivity contribution in [3.63, 3.8) is 0 Å². The van der Waals surface area contributed by atoms with E-state index in [-0.39, 0.29) is 5.43 Å². The number of halogens is 1. The molecule has 0 bridgehead atoms. The minimum atomic E-state index is -0.110. The van der Waals surface area contributed by atoms with Crippen LogP contribution in [-0.4, -0.2) is 11.9 Å². The lowest BCUT2D eigenvalue weighted by Crippen LogP contribution is -2.11. The zero-order valence-corrected chi connectivity index (χ0v) is 15.6. The Bertz CT molecular complexity index is 871. The van der Waals surface area contributed by atoms with Crippen LogP contribution in [0.4, 0.5) is 0 Å². The summed E-state index contributed by atoms with van der Waals surface area (Å²) < 4.78 is 11.9. The molecular formula is C21H21BrO3. The van der Waals surface area contributed by atoms with Crippen LogP contribution in [0.3, 0.4) is 0 Å². The van der Waals surface area contributed by atoms with E-state index in [0.717, 1.165) is 36.6 Å². The number of fused-ring (bicyclic) bond motifs is 1. The molecular weight excluding hydrogens is 380 g/mol. The van der Waals surface area contributed by atoms with E-state index < -0.39 is 0 Å². The van der Waals surface area contributed by atoms with Gasteiger partial charge in [0.25, 0.3) is 0 Å². The van der Waals surface area contributed by atoms with Crippen molar-refractivity contribution in [2.45, 2.75) is 25.7 Å². The molecule has 1 aromatic heterocycles. The minimum Gasteiger partial charge on any atom is -0.486 e. The molecule has 0 aliphatic rings. The Morgan fingerprint density at radius 1 is 0.880 bits per heavy atom. The summed E-state index contributed by atoms with van der Waals surface area (Å²) in [6.45, 7) is 0.519. The maximum atomic E-state index is 12.9. The Kier molecular flexibility index (Phi) is 6.29. The third kappa shape index (κ3) is 4.31. The summed E-state index contributed by atoms with van der Waals surface area (Å²) in [5.74, 6) is 0.815. The molecule has 0 fully saturated rings. The number of benzene rings is 2. The molecule has 3 rings (SSSR count). The fourth-order valence-corrected chi connectivity index (χ4v) is 3.16. The highest BCUT2D eigenvalue weighted by atomic mass is 79.9. The number of rotatable bonds is 8. The summed E-state index contributed by atoms with van der Waals surface area (Å²) in [5, 5.41) is 1.58. The zero-order chi connectivity index (χ0) is 17.5. The second-order valence-corrected chi connectivity index (χ2v) is 6.70. The van der Waals surface area contributed by atoms with Gasteiger partial charge in [-0.3, -0.25) is 4.79 Å². The van der Waals surface area contributed by atoms with E-state index in [0.29, 0.717) is 29.1 Å². The van der Waals surface area contributed by atoms with Gasteiger partial charge in [0.15, 0.2) is 5.76 Å². The second kappa shape index (κ2) is 8.86. The topological polar surface area (TPSA) is 39.4 Å². The molecule has 0 aliphatic carbocycles. The van der Waals surface area contributed by atoms with Crippen LogP contribution in [-0.2, 0) is 0 Å². The maximum absolute atomic E-state index is 12.9. The molecule has 2 aromatic carbocycles. The molecule has 25 heavy (non-hydrogen) atoms. The van der Waals surface area contributed by atoms with E-state index in [1.807, 2.05) is 48.5 Å². The molecule has 1 heterocycles. The summed E-state index contributed by atoms with van der Waals surface area (Å²) >= 11 is 3.44. The summed E-state index contributed by atoms with van der Waals surface area (Å²) in [6.07, 6.45) is 4.33. The second-order valence-electron chi connectivity index (χ2n) is 5.90. The molecule has 0 saturated carbocycles. The number of hydrogen-bond donors (Lipinski definition) is 0. The molecule has 3 nitrogen and oxygen atoms in total. The monoisotopic (exact) mass is 400 g/mol. The largest absolute Gasteiger partial charge is 0.486 e. The van der Waals surface area contributed by atoms with Crippen LogP contribution in [0, 0.1) is 0 Å². The average Bonchev–Trinajstić information content (AvgIpc) is 2.66. The first kappa shape index (κ1) is 17.7. The highest BCUT2D eigenvalue weighted by molar-refractivity contribution is 9.09. The minimum absolute atomic E-state index is 0.110. The highest BCUT2D eigenvalue weighted by Crippen LogP contribution is 2.30. The van der Waals surface area contributed by atoms with Crippen molar-refractivity contribution in [3.8, 4) is 17.1 Å². The van der Waals surface area contributed by atoms with Crippen LogP contribution in [0.2, 0.25) is 0 Å². The summed E-state index contributed by atoms with van der Waals surface area (Å²) in [5.41, 5.74) is 1.32. The molecule has 0 saturated heterocycles. The van der Waals surface area contributed by atoms with Gasteiger partial charge in [0.05, 0.1) is 12.0 Å². The van der Waals surface area contributed by atoms with E-state index >= 15 is 0 Å². The van der Waals surface area contributed by atoms with Crippen LogP contribution in [0.25, 0.3) is 22.3 Å². The van der Waals surface area contributed by atoms with Gasteiger partial charge in [-0.1, -0.05) is 71.2 Å². The van der Waals surface area contributed by atoms with Crippen molar-refractivity contribution < 1.29 is 9.15 Å². The Hall–Kier alpha value is -2.07. The quantitative estimate of drug-likeness (QED) is 0.354. The molecule has 4 heteroatoms. The van der Waals surface area contributed by atoms with Gasteiger partial charge in [0.2, 0.25) is 11.2 Å². The standard InChI is InChI=1S/C21H21BrO3/c22-14-8-1-2-9-15-24-21-19(23)17-12-6-7-13-18(17)25-20(21)16-10-4-3-5-11-16/h3-7,10-13H,1-2,8-9,14-15H2. The van der Waals surface area contributed by atoms with Crippen LogP contribution < -0.4 is 10.2 Å². The normalized spacial score (nSPS) is 10.9. The van der Waals surface area contributed by atoms with Crippen LogP contribution >= 0.6 is 15.9 Å². The van der Waals surface area contributed by atoms with Crippen molar-refractivity contribution >= 4 is 26.9 Å². The van der Waals surface area contributed by atoms with Crippen molar-refractivity contribution in [1.29, 1.82) is 0 Å². The van der Waals surface area contributed by atoms with Crippen LogP contribution in [0.1, 0.15) is 25.7 Å². The maximum Gasteiger partial charge on any atom is 0.235 e. The van der Waals surface area contributed by atoms with Crippen molar-refractivity contribution in [2.75, 3.05) is 11.9 Å². The molecule has 0 amide bonds. The number of unbranched alkanes of at least 4 members (excludes halogenated alkanes) is 3. The molecule has 130 valence electrons. The van der Waals surface area contributed by atoms with Crippen molar-refractivity contribution in [2.24, 2.45) is 0 Å². The number of para-hydroxylation sites is 1. The molecule has 0 unspecified atom stereocenters. The lowest BCUT2D eigenvalue weighted by atomic mass is 10.1. The Labute approximate surface area is 155 Å². The Morgan fingerprint density at radius 3 is 2.40 bits per heavy atom. The smallest absolute Gasteiger partial charge is 0.235 e. The van der Waals surface area contributed by atoms with Crippen molar-refractivity contribution in [1.82, 2.24) is 0 Å². The van der Waals surface area contributed by atoms with Crippen LogP contribution in [0.15, 0.2) is 63.8 Å². The van der Waals surface area contributed by atoms with Gasteiger partial charge in [0, 0.05) is 10.9 Å². The number of ether oxygens (including phenoxy) is 1. The summed E-state index contributed by atoms with van der Waals surface area (Å²) in [6, 6.07) is 16.9. The van der Waals surface area contributed by atoms with Gasteiger partial charge in [-0.15, -0.1) is 0 Å². The van der Waals surface area contributed by atoms with Gasteiger partial charge in [-0.25, -0.2) is 0 Å². The van der Waals surface area contributed by atoms with Gasteiger partial charge < -0.3 is 9.15 Å². The molecule has 0 aliphatic heterocycles. The predicted octanol–water partition coefficient (Wildman–Crippen LogP) is 5.79. The Morgan fingerprint density at radius 2 is 1.60 bits per heavy atom. The molecule has 0 radical (unpaired) electrons. The van der Waals surface area contributed by atoms with Gasteiger partial charge in [0.1, 0.15) is 5.58 Å². The van der Waals surface area contributed by atoms with Gasteiger partial charge >= 0.3 is 0 Å². The van der Waals surface area contributed by atoms with E-state index in [2.05, 4.69) is 15.9 Å². The van der Waals surface area contributed by atoms with E-state index in [4.69, 9.17) is 9.15 Å². The predicted molar refractivity (Wildman–Crippen MR) is 106 cm³/mol. The molecule has 3 aromatic rings. The third-order valence-corrected chi connectivity index (χ3v) is 4.63. The van der Waals surface area contributed by atoms with E-state index in [1.165, 1.54) is 0 Å². The first-order valence-electron chi connectivity index (χ1n) is 8.61. The third-order valence-electron chi connectivity index (χ3n) is 4.07. The zero-order valence-electron chi connectivity index (χ0n) is 14.0. The van der Waals surface area contributed by atoms with E-state index in [1.54, 1.807) is 6.07 Å². The summed E-state index contributed by atoms with van der Waals surface area (Å²) in [4.78, 5) is 12.9. The lowest BCUT2D eigenvalue weighted by Gasteiger charge is -2.11. The number of hydrogen-bond acceptors (Lipinski definition) is 3. The van der Waals surface area contributed by atoms with Gasteiger partial charge in [-0.05, 0) is 25.0 Å².